The quantitative estimate of drug-likeness (QED) is 0.611. The Morgan fingerprint density at radius 3 is 2.00 bits per heavy atom. The highest BCUT2D eigenvalue weighted by molar-refractivity contribution is 14.1. The van der Waals surface area contributed by atoms with E-state index in [-0.39, 0.29) is 7.40 Å². The van der Waals surface area contributed by atoms with Crippen molar-refractivity contribution in [2.75, 3.05) is 0 Å². The first-order chi connectivity index (χ1) is 5.34. The topological polar surface area (TPSA) is 17.8 Å². The van der Waals surface area contributed by atoms with Crippen LogP contribution in [0, 0.1) is 7.40 Å². The summed E-state index contributed by atoms with van der Waals surface area (Å²) < 4.78 is 38.1. The number of nitrogens with zero attached hydrogens (tertiary/aromatic N) is 2. The predicted octanol–water partition coefficient (Wildman–Crippen LogP) is 2.65. The number of halogens is 5. The van der Waals surface area contributed by atoms with Crippen molar-refractivity contribution in [3.63, 3.8) is 0 Å². The fourth-order valence-corrected chi connectivity index (χ4v) is 2.78. The molecule has 1 rings (SSSR count). The Morgan fingerprint density at radius 2 is 1.83 bits per heavy atom. The van der Waals surface area contributed by atoms with Gasteiger partial charge >= 0.3 is 6.18 Å². The third-order valence-electron chi connectivity index (χ3n) is 1.22. The Hall–Kier alpha value is 0.460. The lowest BCUT2D eigenvalue weighted by atomic mass is 10.4. The summed E-state index contributed by atoms with van der Waals surface area (Å²) in [6, 6.07) is 0. The van der Waals surface area contributed by atoms with Crippen molar-refractivity contribution in [3.05, 3.63) is 13.0 Å². The summed E-state index contributed by atoms with van der Waals surface area (Å²) >= 11 is 3.20. The first kappa shape index (κ1) is 10.5. The van der Waals surface area contributed by atoms with Crippen molar-refractivity contribution >= 4 is 45.2 Å². The molecule has 0 radical (unpaired) electrons. The second kappa shape index (κ2) is 3.31. The van der Waals surface area contributed by atoms with Crippen molar-refractivity contribution < 1.29 is 13.2 Å². The first-order valence-corrected chi connectivity index (χ1v) is 4.95. The van der Waals surface area contributed by atoms with Crippen LogP contribution in [0.15, 0.2) is 0 Å². The Morgan fingerprint density at radius 1 is 1.33 bits per heavy atom. The van der Waals surface area contributed by atoms with Gasteiger partial charge < -0.3 is 0 Å². The summed E-state index contributed by atoms with van der Waals surface area (Å²) in [5, 5.41) is 3.65. The molecule has 0 amide bonds. The lowest BCUT2D eigenvalue weighted by Gasteiger charge is -2.03. The SMILES string of the molecule is Cn1nc(I)c(C(F)(F)F)c1I. The molecule has 0 aliphatic heterocycles. The van der Waals surface area contributed by atoms with E-state index < -0.39 is 11.7 Å². The minimum atomic E-state index is -4.30. The first-order valence-electron chi connectivity index (χ1n) is 2.79. The van der Waals surface area contributed by atoms with E-state index in [9.17, 15) is 13.2 Å². The summed E-state index contributed by atoms with van der Waals surface area (Å²) in [6.45, 7) is 0. The van der Waals surface area contributed by atoms with Crippen LogP contribution in [-0.2, 0) is 13.2 Å². The maximum Gasteiger partial charge on any atom is 0.421 e. The third kappa shape index (κ3) is 1.86. The van der Waals surface area contributed by atoms with Crippen LogP contribution >= 0.6 is 45.2 Å². The van der Waals surface area contributed by atoms with E-state index in [2.05, 4.69) is 5.10 Å². The minimum Gasteiger partial charge on any atom is -0.261 e. The van der Waals surface area contributed by atoms with E-state index in [4.69, 9.17) is 0 Å². The molecule has 0 bridgehead atoms. The molecular formula is C5H3F3I2N2. The molecule has 0 aromatic carbocycles. The molecular weight excluding hydrogens is 399 g/mol. The maximum absolute atomic E-state index is 12.3. The molecule has 0 N–H and O–H groups in total. The molecule has 0 aliphatic rings. The highest BCUT2D eigenvalue weighted by atomic mass is 127. The van der Waals surface area contributed by atoms with Crippen molar-refractivity contribution in [3.8, 4) is 0 Å². The van der Waals surface area contributed by atoms with E-state index in [1.807, 2.05) is 0 Å². The van der Waals surface area contributed by atoms with Gasteiger partial charge in [-0.1, -0.05) is 0 Å². The molecule has 2 nitrogen and oxygen atoms in total. The van der Waals surface area contributed by atoms with Gasteiger partial charge in [-0.05, 0) is 45.2 Å². The van der Waals surface area contributed by atoms with Crippen molar-refractivity contribution in [1.29, 1.82) is 0 Å². The van der Waals surface area contributed by atoms with Crippen LogP contribution in [0.3, 0.4) is 0 Å². The van der Waals surface area contributed by atoms with Crippen molar-refractivity contribution in [2.45, 2.75) is 6.18 Å². The Labute approximate surface area is 93.8 Å². The van der Waals surface area contributed by atoms with Crippen LogP contribution in [0.2, 0.25) is 0 Å². The van der Waals surface area contributed by atoms with Crippen LogP contribution in [0.25, 0.3) is 0 Å². The molecule has 0 fully saturated rings. The molecule has 1 heterocycles. The number of hydrogen-bond acceptors (Lipinski definition) is 1. The second-order valence-electron chi connectivity index (χ2n) is 2.08. The van der Waals surface area contributed by atoms with Gasteiger partial charge in [0, 0.05) is 7.05 Å². The molecule has 12 heavy (non-hydrogen) atoms. The van der Waals surface area contributed by atoms with E-state index >= 15 is 0 Å². The van der Waals surface area contributed by atoms with Crippen LogP contribution in [0.5, 0.6) is 0 Å². The summed E-state index contributed by atoms with van der Waals surface area (Å²) in [6.07, 6.45) is -4.30. The molecule has 68 valence electrons. The highest BCUT2D eigenvalue weighted by Gasteiger charge is 2.38. The fourth-order valence-electron chi connectivity index (χ4n) is 0.706. The smallest absolute Gasteiger partial charge is 0.261 e. The number of alkyl halides is 3. The number of aryl methyl sites for hydroxylation is 1. The summed E-state index contributed by atoms with van der Waals surface area (Å²) in [7, 11) is 1.49. The molecule has 0 saturated carbocycles. The number of aromatic nitrogens is 2. The Kier molecular flexibility index (Phi) is 2.91. The zero-order valence-electron chi connectivity index (χ0n) is 5.78. The maximum atomic E-state index is 12.3. The van der Waals surface area contributed by atoms with Crippen LogP contribution in [-0.4, -0.2) is 9.78 Å². The van der Waals surface area contributed by atoms with E-state index in [0.29, 0.717) is 0 Å². The molecule has 0 spiro atoms. The lowest BCUT2D eigenvalue weighted by Crippen LogP contribution is -2.08. The van der Waals surface area contributed by atoms with Gasteiger partial charge in [-0.25, -0.2) is 0 Å². The molecule has 7 heteroatoms. The predicted molar refractivity (Wildman–Crippen MR) is 53.6 cm³/mol. The average molecular weight is 402 g/mol. The van der Waals surface area contributed by atoms with Gasteiger partial charge in [0.1, 0.15) is 13.0 Å². The summed E-state index contributed by atoms with van der Waals surface area (Å²) in [5.74, 6) is 0. The average Bonchev–Trinajstić information content (AvgIpc) is 2.05. The summed E-state index contributed by atoms with van der Waals surface area (Å²) in [5.41, 5.74) is -0.647. The molecule has 0 unspecified atom stereocenters. The molecule has 0 aliphatic carbocycles. The van der Waals surface area contributed by atoms with E-state index in [0.717, 1.165) is 0 Å². The van der Waals surface area contributed by atoms with Gasteiger partial charge in [0.25, 0.3) is 0 Å². The van der Waals surface area contributed by atoms with Crippen molar-refractivity contribution in [1.82, 2.24) is 9.78 Å². The third-order valence-corrected chi connectivity index (χ3v) is 3.21. The van der Waals surface area contributed by atoms with Crippen molar-refractivity contribution in [2.24, 2.45) is 7.05 Å². The zero-order chi connectivity index (χ0) is 9.52. The highest BCUT2D eigenvalue weighted by Crippen LogP contribution is 2.35. The van der Waals surface area contributed by atoms with Gasteiger partial charge in [0.2, 0.25) is 0 Å². The van der Waals surface area contributed by atoms with E-state index in [1.165, 1.54) is 11.7 Å². The molecule has 1 aromatic rings. The van der Waals surface area contributed by atoms with E-state index in [1.54, 1.807) is 45.2 Å². The Balaban J connectivity index is 3.32. The van der Waals surface area contributed by atoms with Crippen LogP contribution < -0.4 is 0 Å². The standard InChI is InChI=1S/C5H3F3I2N2/c1-12-4(10)2(3(9)11-12)5(6,7)8/h1H3. The minimum absolute atomic E-state index is 0.00741. The van der Waals surface area contributed by atoms with Gasteiger partial charge in [-0.2, -0.15) is 18.3 Å². The monoisotopic (exact) mass is 402 g/mol. The number of rotatable bonds is 0. The Bertz CT molecular complexity index is 304. The molecule has 0 saturated heterocycles. The largest absolute Gasteiger partial charge is 0.421 e. The lowest BCUT2D eigenvalue weighted by molar-refractivity contribution is -0.139. The van der Waals surface area contributed by atoms with Crippen LogP contribution in [0.1, 0.15) is 5.56 Å². The molecule has 0 atom stereocenters. The molecule has 1 aromatic heterocycles. The van der Waals surface area contributed by atoms with Gasteiger partial charge in [0.05, 0.1) is 0 Å². The second-order valence-corrected chi connectivity index (χ2v) is 4.12. The van der Waals surface area contributed by atoms with Gasteiger partial charge in [-0.3, -0.25) is 4.68 Å². The summed E-state index contributed by atoms with van der Waals surface area (Å²) in [4.78, 5) is 0. The van der Waals surface area contributed by atoms with Gasteiger partial charge in [-0.15, -0.1) is 0 Å². The van der Waals surface area contributed by atoms with Gasteiger partial charge in [0.15, 0.2) is 0 Å². The number of hydrogen-bond donors (Lipinski definition) is 0. The normalized spacial score (nSPS) is 12.2. The zero-order valence-corrected chi connectivity index (χ0v) is 10.1. The fraction of sp³-hybridized carbons (Fsp3) is 0.400. The van der Waals surface area contributed by atoms with Crippen LogP contribution in [0.4, 0.5) is 13.2 Å².